The molecule has 0 spiro atoms. The van der Waals surface area contributed by atoms with Gasteiger partial charge in [-0.2, -0.15) is 0 Å². The van der Waals surface area contributed by atoms with Crippen molar-refractivity contribution >= 4 is 5.91 Å². The first-order valence-corrected chi connectivity index (χ1v) is 12.7. The molecule has 0 aliphatic rings. The number of benzene rings is 2. The van der Waals surface area contributed by atoms with Crippen LogP contribution in [0.1, 0.15) is 58.0 Å². The zero-order valence-corrected chi connectivity index (χ0v) is 22.1. The molecule has 2 atom stereocenters. The van der Waals surface area contributed by atoms with Crippen molar-refractivity contribution < 1.29 is 18.0 Å². The first-order chi connectivity index (χ1) is 17.6. The van der Waals surface area contributed by atoms with Crippen LogP contribution in [0.3, 0.4) is 0 Å². The summed E-state index contributed by atoms with van der Waals surface area (Å²) in [5.74, 6) is -1.07. The number of imidazole rings is 1. The number of amides is 1. The number of carbonyl (C=O) groups is 1. The lowest BCUT2D eigenvalue weighted by molar-refractivity contribution is -0.135. The predicted octanol–water partition coefficient (Wildman–Crippen LogP) is 6.14. The van der Waals surface area contributed by atoms with Crippen LogP contribution in [0.15, 0.2) is 54.7 Å². The van der Waals surface area contributed by atoms with Gasteiger partial charge in [0.25, 0.3) is 0 Å². The maximum absolute atomic E-state index is 14.8. The Morgan fingerprint density at radius 2 is 1.84 bits per heavy atom. The van der Waals surface area contributed by atoms with Crippen LogP contribution in [-0.4, -0.2) is 40.1 Å². The molecule has 200 valence electrons. The summed E-state index contributed by atoms with van der Waals surface area (Å²) in [7, 11) is 0. The van der Waals surface area contributed by atoms with Crippen LogP contribution in [0, 0.1) is 23.0 Å². The van der Waals surface area contributed by atoms with Crippen molar-refractivity contribution in [3.63, 3.8) is 0 Å². The molecule has 0 saturated carbocycles. The molecule has 0 aliphatic heterocycles. The lowest BCUT2D eigenvalue weighted by Gasteiger charge is -2.40. The summed E-state index contributed by atoms with van der Waals surface area (Å²) in [4.78, 5) is 19.6. The van der Waals surface area contributed by atoms with Gasteiger partial charge < -0.3 is 15.2 Å². The molecule has 0 saturated heterocycles. The van der Waals surface area contributed by atoms with Crippen LogP contribution < -0.4 is 5.73 Å². The number of carbonyl (C=O) groups excluding carboxylic acids is 1. The van der Waals surface area contributed by atoms with Crippen molar-refractivity contribution in [2.75, 3.05) is 19.8 Å². The van der Waals surface area contributed by atoms with E-state index < -0.39 is 29.8 Å². The van der Waals surface area contributed by atoms with Crippen molar-refractivity contribution in [2.45, 2.75) is 53.1 Å². The highest BCUT2D eigenvalue weighted by molar-refractivity contribution is 5.78. The monoisotopic (exact) mass is 514 g/mol. The highest BCUT2D eigenvalue weighted by atomic mass is 19.1. The Bertz CT molecular complexity index is 1170. The molecular formula is C29H37F3N4O. The van der Waals surface area contributed by atoms with E-state index in [4.69, 9.17) is 10.7 Å². The minimum Gasteiger partial charge on any atom is -0.331 e. The Balaban J connectivity index is 2.17. The highest BCUT2D eigenvalue weighted by Crippen LogP contribution is 2.39. The van der Waals surface area contributed by atoms with Crippen molar-refractivity contribution in [3.8, 4) is 11.3 Å². The van der Waals surface area contributed by atoms with Gasteiger partial charge in [-0.15, -0.1) is 0 Å². The van der Waals surface area contributed by atoms with E-state index in [2.05, 4.69) is 0 Å². The second-order valence-electron chi connectivity index (χ2n) is 10.5. The van der Waals surface area contributed by atoms with Crippen molar-refractivity contribution in [1.82, 2.24) is 14.5 Å². The van der Waals surface area contributed by atoms with E-state index in [0.29, 0.717) is 31.8 Å². The summed E-state index contributed by atoms with van der Waals surface area (Å²) in [5.41, 5.74) is 6.61. The van der Waals surface area contributed by atoms with E-state index >= 15 is 0 Å². The molecule has 0 bridgehead atoms. The molecule has 1 aromatic heterocycles. The molecule has 1 heterocycles. The third kappa shape index (κ3) is 7.01. The number of rotatable bonds is 11. The Morgan fingerprint density at radius 3 is 2.43 bits per heavy atom. The topological polar surface area (TPSA) is 64.2 Å². The quantitative estimate of drug-likeness (QED) is 0.334. The van der Waals surface area contributed by atoms with Gasteiger partial charge in [-0.25, -0.2) is 13.8 Å². The Morgan fingerprint density at radius 1 is 1.14 bits per heavy atom. The minimum absolute atomic E-state index is 0.0425. The van der Waals surface area contributed by atoms with Gasteiger partial charge in [0.05, 0.1) is 25.0 Å². The van der Waals surface area contributed by atoms with E-state index in [-0.39, 0.29) is 29.6 Å². The standard InChI is InChI=1S/C29H37F3N4O/c1-5-20(16-30)13-14-36(26(37)17-33)27(29(2,3)4)28-34-25(23-15-22(31)11-12-24(23)32)19-35(28)18-21-9-7-6-8-10-21/h6-12,15,19-20,27H,5,13-14,16-18,33H2,1-4H3/t20-,27-/m0/s1. The van der Waals surface area contributed by atoms with Gasteiger partial charge in [0.2, 0.25) is 5.91 Å². The van der Waals surface area contributed by atoms with Crippen LogP contribution in [0.25, 0.3) is 11.3 Å². The Hall–Kier alpha value is -3.13. The van der Waals surface area contributed by atoms with Gasteiger partial charge in [0, 0.05) is 24.8 Å². The summed E-state index contributed by atoms with van der Waals surface area (Å²) in [6.07, 6.45) is 2.84. The molecule has 0 unspecified atom stereocenters. The summed E-state index contributed by atoms with van der Waals surface area (Å²) in [5, 5.41) is 0. The molecule has 0 radical (unpaired) electrons. The summed E-state index contributed by atoms with van der Waals surface area (Å²) in [6.45, 7) is 7.95. The zero-order chi connectivity index (χ0) is 27.2. The van der Waals surface area contributed by atoms with Gasteiger partial charge in [0.15, 0.2) is 0 Å². The molecule has 8 heteroatoms. The number of nitrogens with zero attached hydrogens (tertiary/aromatic N) is 3. The average molecular weight is 515 g/mol. The SMILES string of the molecule is CC[C@H](CF)CCN(C(=O)CN)[C@@H](c1nc(-c2cc(F)ccc2F)cn1Cc1ccccc1)C(C)(C)C. The van der Waals surface area contributed by atoms with Crippen LogP contribution >= 0.6 is 0 Å². The zero-order valence-electron chi connectivity index (χ0n) is 22.1. The largest absolute Gasteiger partial charge is 0.331 e. The first-order valence-electron chi connectivity index (χ1n) is 12.7. The minimum atomic E-state index is -0.590. The van der Waals surface area contributed by atoms with E-state index in [1.165, 1.54) is 0 Å². The van der Waals surface area contributed by atoms with Crippen LogP contribution in [0.4, 0.5) is 13.2 Å². The molecule has 5 nitrogen and oxygen atoms in total. The number of halogens is 3. The molecule has 3 aromatic rings. The normalized spacial score (nSPS) is 13.4. The molecule has 37 heavy (non-hydrogen) atoms. The molecule has 0 fully saturated rings. The predicted molar refractivity (Wildman–Crippen MR) is 140 cm³/mol. The smallest absolute Gasteiger partial charge is 0.236 e. The average Bonchev–Trinajstić information content (AvgIpc) is 3.27. The maximum Gasteiger partial charge on any atom is 0.236 e. The maximum atomic E-state index is 14.8. The van der Waals surface area contributed by atoms with Gasteiger partial charge >= 0.3 is 0 Å². The molecule has 1 amide bonds. The van der Waals surface area contributed by atoms with Crippen molar-refractivity contribution in [1.29, 1.82) is 0 Å². The third-order valence-corrected chi connectivity index (χ3v) is 6.65. The van der Waals surface area contributed by atoms with E-state index in [0.717, 1.165) is 23.8 Å². The lowest BCUT2D eigenvalue weighted by Crippen LogP contribution is -2.46. The summed E-state index contributed by atoms with van der Waals surface area (Å²) >= 11 is 0. The second kappa shape index (κ2) is 12.4. The van der Waals surface area contributed by atoms with E-state index in [1.54, 1.807) is 11.1 Å². The number of hydrogen-bond donors (Lipinski definition) is 1. The van der Waals surface area contributed by atoms with Gasteiger partial charge in [-0.3, -0.25) is 9.18 Å². The second-order valence-corrected chi connectivity index (χ2v) is 10.5. The van der Waals surface area contributed by atoms with Crippen molar-refractivity contribution in [2.24, 2.45) is 17.1 Å². The van der Waals surface area contributed by atoms with Gasteiger partial charge in [-0.1, -0.05) is 64.4 Å². The first kappa shape index (κ1) is 28.4. The fourth-order valence-corrected chi connectivity index (χ4v) is 4.60. The molecule has 2 aromatic carbocycles. The van der Waals surface area contributed by atoms with Crippen LogP contribution in [0.2, 0.25) is 0 Å². The molecule has 3 rings (SSSR count). The van der Waals surface area contributed by atoms with Crippen LogP contribution in [0.5, 0.6) is 0 Å². The lowest BCUT2D eigenvalue weighted by atomic mass is 9.84. The third-order valence-electron chi connectivity index (χ3n) is 6.65. The molecule has 0 aliphatic carbocycles. The van der Waals surface area contributed by atoms with Gasteiger partial charge in [0.1, 0.15) is 17.5 Å². The Labute approximate surface area is 217 Å². The van der Waals surface area contributed by atoms with E-state index in [9.17, 15) is 18.0 Å². The number of hydrogen-bond acceptors (Lipinski definition) is 3. The summed E-state index contributed by atoms with van der Waals surface area (Å²) in [6, 6.07) is 12.4. The van der Waals surface area contributed by atoms with E-state index in [1.807, 2.05) is 62.6 Å². The highest BCUT2D eigenvalue weighted by Gasteiger charge is 2.38. The fraction of sp³-hybridized carbons (Fsp3) is 0.448. The molecule has 2 N–H and O–H groups in total. The number of alkyl halides is 1. The number of aromatic nitrogens is 2. The van der Waals surface area contributed by atoms with Crippen molar-refractivity contribution in [3.05, 3.63) is 77.8 Å². The fourth-order valence-electron chi connectivity index (χ4n) is 4.60. The number of nitrogens with two attached hydrogens (primary N) is 1. The Kier molecular flexibility index (Phi) is 9.54. The summed E-state index contributed by atoms with van der Waals surface area (Å²) < 4.78 is 44.2. The van der Waals surface area contributed by atoms with Gasteiger partial charge in [-0.05, 0) is 41.5 Å². The van der Waals surface area contributed by atoms with Crippen LogP contribution in [-0.2, 0) is 11.3 Å². The molecular weight excluding hydrogens is 477 g/mol.